The number of rotatable bonds is 10. The largest absolute Gasteiger partial charge is 0.444 e. The Bertz CT molecular complexity index is 1170. The van der Waals surface area contributed by atoms with Gasteiger partial charge < -0.3 is 26.2 Å². The zero-order valence-electron chi connectivity index (χ0n) is 21.4. The van der Waals surface area contributed by atoms with Gasteiger partial charge in [-0.2, -0.15) is 4.31 Å². The number of hydrogen-bond acceptors (Lipinski definition) is 7. The highest BCUT2D eigenvalue weighted by Gasteiger charge is 2.34. The highest BCUT2D eigenvalue weighted by molar-refractivity contribution is 7.89. The molecule has 5 N–H and O–H groups in total. The number of carbonyl (C=O) groups excluding carboxylic acids is 2. The first-order valence-corrected chi connectivity index (χ1v) is 13.6. The average molecular weight is 533 g/mol. The molecular formula is C26H36N4O6S. The Hall–Kier alpha value is -3.15. The lowest BCUT2D eigenvalue weighted by atomic mass is 10.0. The maximum atomic E-state index is 13.6. The number of alkyl carbamates (subject to hydrolysis) is 1. The Morgan fingerprint density at radius 3 is 2.41 bits per heavy atom. The quantitative estimate of drug-likeness (QED) is 0.342. The molecule has 10 nitrogen and oxygen atoms in total. The van der Waals surface area contributed by atoms with Gasteiger partial charge in [-0.1, -0.05) is 30.3 Å². The average Bonchev–Trinajstić information content (AvgIpc) is 3.22. The molecule has 1 aliphatic rings. The number of nitrogens with two attached hydrogens (primary N) is 1. The number of carbonyl (C=O) groups is 2. The molecule has 202 valence electrons. The van der Waals surface area contributed by atoms with Gasteiger partial charge in [0.15, 0.2) is 0 Å². The van der Waals surface area contributed by atoms with Gasteiger partial charge in [-0.15, -0.1) is 0 Å². The minimum absolute atomic E-state index is 0.0120. The maximum absolute atomic E-state index is 13.6. The van der Waals surface area contributed by atoms with Gasteiger partial charge in [0.05, 0.1) is 17.0 Å². The summed E-state index contributed by atoms with van der Waals surface area (Å²) >= 11 is 0. The van der Waals surface area contributed by atoms with Gasteiger partial charge in [0.1, 0.15) is 5.60 Å². The number of aliphatic hydroxyl groups is 1. The van der Waals surface area contributed by atoms with Crippen molar-refractivity contribution in [2.45, 2.75) is 68.7 Å². The van der Waals surface area contributed by atoms with Gasteiger partial charge in [-0.25, -0.2) is 13.2 Å². The van der Waals surface area contributed by atoms with Gasteiger partial charge in [-0.05, 0) is 63.4 Å². The second-order valence-corrected chi connectivity index (χ2v) is 12.1. The molecule has 0 bridgehead atoms. The minimum Gasteiger partial charge on any atom is -0.444 e. The molecule has 1 saturated heterocycles. The number of ether oxygens (including phenoxy) is 1. The first-order chi connectivity index (χ1) is 17.3. The van der Waals surface area contributed by atoms with Crippen LogP contribution in [0.1, 0.15) is 39.2 Å². The molecule has 11 heteroatoms. The van der Waals surface area contributed by atoms with Gasteiger partial charge >= 0.3 is 6.09 Å². The summed E-state index contributed by atoms with van der Waals surface area (Å²) in [5.41, 5.74) is 6.24. The normalized spacial score (nSPS) is 17.8. The van der Waals surface area contributed by atoms with Crippen LogP contribution in [0.5, 0.6) is 0 Å². The summed E-state index contributed by atoms with van der Waals surface area (Å²) in [7, 11) is -4.06. The van der Waals surface area contributed by atoms with E-state index >= 15 is 0 Å². The molecule has 0 radical (unpaired) electrons. The fraction of sp³-hybridized carbons (Fsp3) is 0.462. The van der Waals surface area contributed by atoms with E-state index in [-0.39, 0.29) is 30.3 Å². The fourth-order valence-electron chi connectivity index (χ4n) is 4.07. The Balaban J connectivity index is 1.87. The molecular weight excluding hydrogens is 496 g/mol. The Morgan fingerprint density at radius 1 is 1.19 bits per heavy atom. The maximum Gasteiger partial charge on any atom is 0.407 e. The smallest absolute Gasteiger partial charge is 0.407 e. The van der Waals surface area contributed by atoms with Crippen molar-refractivity contribution in [3.63, 3.8) is 0 Å². The zero-order valence-corrected chi connectivity index (χ0v) is 22.2. The molecule has 0 unspecified atom stereocenters. The standard InChI is InChI=1S/C26H36N4O6S/c1-26(2,3)36-25(33)29-22(15-18-7-5-4-6-8-18)23(31)17-30(16-20-11-14-24(32)28-20)37(34,35)21-12-9-19(27)10-13-21/h4-10,12-13,20,22-23,31H,11,14-17,27H2,1-3H3,(H,28,32)(H,29,33)/t20-,22-,23+/m0/s1. The van der Waals surface area contributed by atoms with E-state index in [4.69, 9.17) is 10.5 Å². The highest BCUT2D eigenvalue weighted by atomic mass is 32.2. The van der Waals surface area contributed by atoms with Crippen LogP contribution in [0, 0.1) is 0 Å². The van der Waals surface area contributed by atoms with Crippen molar-refractivity contribution in [1.29, 1.82) is 0 Å². The molecule has 0 aliphatic carbocycles. The van der Waals surface area contributed by atoms with Crippen LogP contribution in [-0.4, -0.2) is 66.7 Å². The summed E-state index contributed by atoms with van der Waals surface area (Å²) in [6.45, 7) is 4.84. The molecule has 0 spiro atoms. The number of nitrogen functional groups attached to an aromatic ring is 1. The monoisotopic (exact) mass is 532 g/mol. The van der Waals surface area contributed by atoms with Crippen molar-refractivity contribution in [3.05, 3.63) is 60.2 Å². The Kier molecular flexibility index (Phi) is 9.16. The number of sulfonamides is 1. The number of aliphatic hydroxyl groups excluding tert-OH is 1. The molecule has 0 saturated carbocycles. The summed E-state index contributed by atoms with van der Waals surface area (Å²) in [5.74, 6) is -0.149. The van der Waals surface area contributed by atoms with Crippen molar-refractivity contribution in [3.8, 4) is 0 Å². The van der Waals surface area contributed by atoms with Crippen LogP contribution in [0.15, 0.2) is 59.5 Å². The number of amides is 2. The van der Waals surface area contributed by atoms with Crippen LogP contribution in [0.4, 0.5) is 10.5 Å². The molecule has 1 fully saturated rings. The predicted molar refractivity (Wildman–Crippen MR) is 140 cm³/mol. The fourth-order valence-corrected chi connectivity index (χ4v) is 5.57. The van der Waals surface area contributed by atoms with Gasteiger partial charge in [-0.3, -0.25) is 4.79 Å². The second-order valence-electron chi connectivity index (χ2n) is 10.2. The summed E-state index contributed by atoms with van der Waals surface area (Å²) in [4.78, 5) is 24.3. The summed E-state index contributed by atoms with van der Waals surface area (Å²) < 4.78 is 33.7. The van der Waals surface area contributed by atoms with E-state index in [0.717, 1.165) is 9.87 Å². The van der Waals surface area contributed by atoms with E-state index in [1.165, 1.54) is 24.3 Å². The SMILES string of the molecule is CC(C)(C)OC(=O)N[C@@H](Cc1ccccc1)[C@H](O)CN(C[C@@H]1CCC(=O)N1)S(=O)(=O)c1ccc(N)cc1. The van der Waals surface area contributed by atoms with Gasteiger partial charge in [0.2, 0.25) is 15.9 Å². The molecule has 3 rings (SSSR count). The van der Waals surface area contributed by atoms with Crippen molar-refractivity contribution in [2.24, 2.45) is 0 Å². The number of anilines is 1. The van der Waals surface area contributed by atoms with Crippen LogP contribution < -0.4 is 16.4 Å². The third-order valence-electron chi connectivity index (χ3n) is 5.88. The predicted octanol–water partition coefficient (Wildman–Crippen LogP) is 2.04. The second kappa shape index (κ2) is 11.9. The molecule has 37 heavy (non-hydrogen) atoms. The van der Waals surface area contributed by atoms with Crippen molar-refractivity contribution < 1.29 is 27.9 Å². The molecule has 2 aromatic rings. The number of nitrogens with one attached hydrogen (secondary N) is 2. The highest BCUT2D eigenvalue weighted by Crippen LogP contribution is 2.21. The summed E-state index contributed by atoms with van der Waals surface area (Å²) in [5, 5.41) is 16.8. The van der Waals surface area contributed by atoms with Crippen molar-refractivity contribution in [2.75, 3.05) is 18.8 Å². The third kappa shape index (κ3) is 8.44. The molecule has 3 atom stereocenters. The lowest BCUT2D eigenvalue weighted by Crippen LogP contribution is -2.53. The minimum atomic E-state index is -4.06. The zero-order chi connectivity index (χ0) is 27.2. The van der Waals surface area contributed by atoms with E-state index in [0.29, 0.717) is 18.5 Å². The third-order valence-corrected chi connectivity index (χ3v) is 7.73. The molecule has 0 aromatic heterocycles. The molecule has 2 aromatic carbocycles. The summed E-state index contributed by atoms with van der Waals surface area (Å²) in [6.07, 6.45) is -0.972. The number of nitrogens with zero attached hydrogens (tertiary/aromatic N) is 1. The molecule has 1 heterocycles. The van der Waals surface area contributed by atoms with Gasteiger partial charge in [0, 0.05) is 31.2 Å². The van der Waals surface area contributed by atoms with Crippen LogP contribution in [0.2, 0.25) is 0 Å². The number of benzene rings is 2. The Morgan fingerprint density at radius 2 is 1.84 bits per heavy atom. The van der Waals surface area contributed by atoms with Crippen molar-refractivity contribution >= 4 is 27.7 Å². The van der Waals surface area contributed by atoms with Gasteiger partial charge in [0.25, 0.3) is 0 Å². The van der Waals surface area contributed by atoms with E-state index < -0.39 is 39.9 Å². The van der Waals surface area contributed by atoms with E-state index in [2.05, 4.69) is 10.6 Å². The van der Waals surface area contributed by atoms with Crippen LogP contribution in [-0.2, 0) is 26.0 Å². The van der Waals surface area contributed by atoms with Crippen LogP contribution >= 0.6 is 0 Å². The lowest BCUT2D eigenvalue weighted by molar-refractivity contribution is -0.119. The Labute approximate surface area is 218 Å². The lowest BCUT2D eigenvalue weighted by Gasteiger charge is -2.31. The van der Waals surface area contributed by atoms with Crippen LogP contribution in [0.25, 0.3) is 0 Å². The topological polar surface area (TPSA) is 151 Å². The summed E-state index contributed by atoms with van der Waals surface area (Å²) in [6, 6.07) is 13.8. The van der Waals surface area contributed by atoms with E-state index in [1.54, 1.807) is 20.8 Å². The van der Waals surface area contributed by atoms with E-state index in [9.17, 15) is 23.1 Å². The first-order valence-electron chi connectivity index (χ1n) is 12.2. The first kappa shape index (κ1) is 28.4. The number of hydrogen-bond donors (Lipinski definition) is 4. The molecule has 2 amide bonds. The van der Waals surface area contributed by atoms with Crippen molar-refractivity contribution in [1.82, 2.24) is 14.9 Å². The van der Waals surface area contributed by atoms with Crippen LogP contribution in [0.3, 0.4) is 0 Å². The molecule has 1 aliphatic heterocycles. The van der Waals surface area contributed by atoms with E-state index in [1.807, 2.05) is 30.3 Å².